The number of pyridine rings is 1. The van der Waals surface area contributed by atoms with Gasteiger partial charge >= 0.3 is 0 Å². The van der Waals surface area contributed by atoms with Crippen LogP contribution in [0.25, 0.3) is 27.7 Å². The lowest BCUT2D eigenvalue weighted by Crippen LogP contribution is -1.77. The number of rotatable bonds is 1. The van der Waals surface area contributed by atoms with Gasteiger partial charge in [-0.3, -0.25) is 5.10 Å². The molecule has 1 N–H and O–H groups in total. The molecule has 4 rings (SSSR count). The van der Waals surface area contributed by atoms with Crippen molar-refractivity contribution >= 4 is 16.4 Å². The number of fused-ring (bicyclic) bond motifs is 2. The number of aromatic nitrogens is 3. The number of H-pyrrole nitrogens is 1. The molecule has 0 bridgehead atoms. The first-order chi connectivity index (χ1) is 8.92. The summed E-state index contributed by atoms with van der Waals surface area (Å²) >= 11 is 0. The summed E-state index contributed by atoms with van der Waals surface area (Å²) < 4.78 is 2.05. The number of nitrogens with zero attached hydrogens (tertiary/aromatic N) is 2. The number of para-hydroxylation sites is 1. The van der Waals surface area contributed by atoms with Crippen LogP contribution in [0.5, 0.6) is 0 Å². The molecule has 0 amide bonds. The Kier molecular flexibility index (Phi) is 1.83. The van der Waals surface area contributed by atoms with Gasteiger partial charge in [0.2, 0.25) is 0 Å². The minimum Gasteiger partial charge on any atom is -0.323 e. The molecule has 4 aromatic rings. The molecular weight excluding hydrogens is 222 g/mol. The fourth-order valence-electron chi connectivity index (χ4n) is 2.27. The van der Waals surface area contributed by atoms with Gasteiger partial charge in [0.25, 0.3) is 0 Å². The molecule has 3 heteroatoms. The topological polar surface area (TPSA) is 33.1 Å². The van der Waals surface area contributed by atoms with Gasteiger partial charge in [0, 0.05) is 29.4 Å². The Labute approximate surface area is 104 Å². The van der Waals surface area contributed by atoms with E-state index < -0.39 is 0 Å². The van der Waals surface area contributed by atoms with Gasteiger partial charge in [0.15, 0.2) is 0 Å². The van der Waals surface area contributed by atoms with Gasteiger partial charge in [-0.2, -0.15) is 5.10 Å². The minimum atomic E-state index is 0.953. The van der Waals surface area contributed by atoms with Gasteiger partial charge in [-0.05, 0) is 18.2 Å². The molecule has 0 aliphatic rings. The van der Waals surface area contributed by atoms with Crippen LogP contribution in [0.1, 0.15) is 0 Å². The Bertz CT molecular complexity index is 806. The molecule has 85 valence electrons. The second-order valence-corrected chi connectivity index (χ2v) is 4.28. The van der Waals surface area contributed by atoms with Crippen LogP contribution in [-0.2, 0) is 0 Å². The first-order valence-corrected chi connectivity index (χ1v) is 5.84. The van der Waals surface area contributed by atoms with Gasteiger partial charge in [0.1, 0.15) is 5.69 Å². The van der Waals surface area contributed by atoms with Crippen LogP contribution in [0.3, 0.4) is 0 Å². The van der Waals surface area contributed by atoms with Crippen molar-refractivity contribution in [3.05, 3.63) is 60.9 Å². The number of hydrogen-bond donors (Lipinski definition) is 1. The van der Waals surface area contributed by atoms with Crippen LogP contribution >= 0.6 is 0 Å². The Hall–Kier alpha value is -2.55. The summed E-state index contributed by atoms with van der Waals surface area (Å²) in [5.41, 5.74) is 4.07. The molecule has 0 unspecified atom stereocenters. The monoisotopic (exact) mass is 232 g/mol. The van der Waals surface area contributed by atoms with E-state index in [0.29, 0.717) is 0 Å². The molecule has 3 nitrogen and oxygen atoms in total. The van der Waals surface area contributed by atoms with E-state index in [9.17, 15) is 0 Å². The van der Waals surface area contributed by atoms with Gasteiger partial charge in [0.05, 0.1) is 11.0 Å². The summed E-state index contributed by atoms with van der Waals surface area (Å²) in [5, 5.41) is 8.57. The summed E-state index contributed by atoms with van der Waals surface area (Å²) in [6.45, 7) is 0. The minimum absolute atomic E-state index is 0.953. The largest absolute Gasteiger partial charge is 0.323 e. The smallest absolute Gasteiger partial charge is 0.102 e. The number of nitrogens with one attached hydrogen (secondary N) is 1. The summed E-state index contributed by atoms with van der Waals surface area (Å²) in [4.78, 5) is 0. The quantitative estimate of drug-likeness (QED) is 0.536. The second kappa shape index (κ2) is 3.47. The zero-order chi connectivity index (χ0) is 11.9. The molecule has 0 atom stereocenters. The molecule has 0 saturated carbocycles. The van der Waals surface area contributed by atoms with Crippen LogP contribution in [-0.4, -0.2) is 14.6 Å². The molecule has 0 aliphatic carbocycles. The standard InChI is InChI=1S/C15H10N3/c1-2-7-14-13(6-1)15(17-16-14)11-9-12-5-3-4-8-18(12)10-11/h1-8,10H,(H,16,17). The highest BCUT2D eigenvalue weighted by Gasteiger charge is 2.09. The Morgan fingerprint density at radius 3 is 2.89 bits per heavy atom. The maximum atomic E-state index is 4.39. The van der Waals surface area contributed by atoms with Crippen molar-refractivity contribution in [3.63, 3.8) is 0 Å². The van der Waals surface area contributed by atoms with E-state index in [1.165, 1.54) is 0 Å². The van der Waals surface area contributed by atoms with Crippen LogP contribution in [0, 0.1) is 6.07 Å². The van der Waals surface area contributed by atoms with E-state index in [1.807, 2.05) is 42.6 Å². The summed E-state index contributed by atoms with van der Waals surface area (Å²) in [7, 11) is 0. The molecule has 0 fully saturated rings. The molecule has 18 heavy (non-hydrogen) atoms. The molecule has 3 heterocycles. The highest BCUT2D eigenvalue weighted by molar-refractivity contribution is 5.93. The summed E-state index contributed by atoms with van der Waals surface area (Å²) in [5.74, 6) is 0. The zero-order valence-corrected chi connectivity index (χ0v) is 9.59. The van der Waals surface area contributed by atoms with Crippen LogP contribution in [0.15, 0.2) is 54.9 Å². The third-order valence-corrected chi connectivity index (χ3v) is 3.15. The maximum Gasteiger partial charge on any atom is 0.102 e. The van der Waals surface area contributed by atoms with Crippen molar-refractivity contribution < 1.29 is 0 Å². The van der Waals surface area contributed by atoms with E-state index in [1.54, 1.807) is 0 Å². The van der Waals surface area contributed by atoms with Crippen molar-refractivity contribution in [2.45, 2.75) is 0 Å². The van der Waals surface area contributed by atoms with E-state index in [4.69, 9.17) is 0 Å². The van der Waals surface area contributed by atoms with Gasteiger partial charge in [-0.15, -0.1) is 0 Å². The molecule has 1 aromatic carbocycles. The molecule has 3 aromatic heterocycles. The molecule has 1 radical (unpaired) electrons. The van der Waals surface area contributed by atoms with Crippen LogP contribution in [0.4, 0.5) is 0 Å². The normalized spacial score (nSPS) is 11.3. The fraction of sp³-hybridized carbons (Fsp3) is 0. The lowest BCUT2D eigenvalue weighted by Gasteiger charge is -1.91. The molecule has 0 spiro atoms. The fourth-order valence-corrected chi connectivity index (χ4v) is 2.27. The predicted molar refractivity (Wildman–Crippen MR) is 71.3 cm³/mol. The van der Waals surface area contributed by atoms with Crippen LogP contribution < -0.4 is 0 Å². The lowest BCUT2D eigenvalue weighted by atomic mass is 10.1. The third-order valence-electron chi connectivity index (χ3n) is 3.15. The third kappa shape index (κ3) is 1.27. The lowest BCUT2D eigenvalue weighted by molar-refractivity contribution is 1.12. The average molecular weight is 232 g/mol. The second-order valence-electron chi connectivity index (χ2n) is 4.28. The number of hydrogen-bond acceptors (Lipinski definition) is 1. The van der Waals surface area contributed by atoms with Gasteiger partial charge in [-0.25, -0.2) is 0 Å². The molecule has 0 saturated heterocycles. The first kappa shape index (κ1) is 9.48. The van der Waals surface area contributed by atoms with Gasteiger partial charge in [-0.1, -0.05) is 24.3 Å². The number of aromatic amines is 1. The van der Waals surface area contributed by atoms with E-state index in [2.05, 4.69) is 32.9 Å². The maximum absolute atomic E-state index is 4.39. The SMILES string of the molecule is [c]1c(-c2n[nH]c3ccccc23)cn2ccccc12. The summed E-state index contributed by atoms with van der Waals surface area (Å²) in [6, 6.07) is 17.6. The average Bonchev–Trinajstić information content (AvgIpc) is 3.02. The Balaban J connectivity index is 2.01. The Morgan fingerprint density at radius 1 is 1.06 bits per heavy atom. The van der Waals surface area contributed by atoms with Crippen molar-refractivity contribution in [2.75, 3.05) is 0 Å². The highest BCUT2D eigenvalue weighted by atomic mass is 15.1. The van der Waals surface area contributed by atoms with Crippen molar-refractivity contribution in [3.8, 4) is 11.3 Å². The van der Waals surface area contributed by atoms with Crippen molar-refractivity contribution in [2.24, 2.45) is 0 Å². The van der Waals surface area contributed by atoms with E-state index >= 15 is 0 Å². The van der Waals surface area contributed by atoms with Crippen LogP contribution in [0.2, 0.25) is 0 Å². The predicted octanol–water partition coefficient (Wildman–Crippen LogP) is 3.28. The van der Waals surface area contributed by atoms with Gasteiger partial charge < -0.3 is 4.40 Å². The Morgan fingerprint density at radius 2 is 1.94 bits per heavy atom. The number of benzene rings is 1. The van der Waals surface area contributed by atoms with Crippen molar-refractivity contribution in [1.82, 2.24) is 14.6 Å². The molecule has 0 aliphatic heterocycles. The summed E-state index contributed by atoms with van der Waals surface area (Å²) in [6.07, 6.45) is 4.07. The first-order valence-electron chi connectivity index (χ1n) is 5.84. The zero-order valence-electron chi connectivity index (χ0n) is 9.59. The highest BCUT2D eigenvalue weighted by Crippen LogP contribution is 2.27. The van der Waals surface area contributed by atoms with E-state index in [0.717, 1.165) is 27.7 Å². The van der Waals surface area contributed by atoms with Crippen molar-refractivity contribution in [1.29, 1.82) is 0 Å². The molecular formula is C15H10N3. The van der Waals surface area contributed by atoms with E-state index in [-0.39, 0.29) is 0 Å².